The maximum Gasteiger partial charge on any atom is 0.244 e. The highest BCUT2D eigenvalue weighted by molar-refractivity contribution is 7.92. The van der Waals surface area contributed by atoms with Crippen LogP contribution in [0, 0.1) is 12.7 Å². The van der Waals surface area contributed by atoms with Gasteiger partial charge in [0.2, 0.25) is 21.8 Å². The van der Waals surface area contributed by atoms with Crippen molar-refractivity contribution in [3.63, 3.8) is 0 Å². The molecule has 0 spiro atoms. The number of nitrogens with one attached hydrogen (secondary N) is 1. The van der Waals surface area contributed by atoms with Gasteiger partial charge >= 0.3 is 0 Å². The number of benzene rings is 2. The number of carbonyl (C=O) groups excluding carboxylic acids is 2. The molecule has 1 N–H and O–H groups in total. The van der Waals surface area contributed by atoms with E-state index in [0.29, 0.717) is 22.7 Å². The van der Waals surface area contributed by atoms with Crippen molar-refractivity contribution in [1.29, 1.82) is 0 Å². The lowest BCUT2D eigenvalue weighted by Gasteiger charge is -2.32. The number of halogens is 2. The summed E-state index contributed by atoms with van der Waals surface area (Å²) in [5.74, 6) is -1.35. The first kappa shape index (κ1) is 27.6. The lowest BCUT2D eigenvalue weighted by Crippen LogP contribution is -2.51. The molecular weight excluding hydrogens is 481 g/mol. The standard InChI is InChI=1S/C24H31ClFN3O4S/c1-5-6-14-27-24(31)18(3)28(15-19-10-12-20(26)13-11-19)23(30)16-29(34(4,32)33)22-9-7-8-21(25)17(22)2/h7-13,18H,5-6,14-16H2,1-4H3,(H,27,31)/t18-/m1/s1. The average Bonchev–Trinajstić information content (AvgIpc) is 2.78. The molecule has 0 saturated carbocycles. The molecule has 1 atom stereocenters. The van der Waals surface area contributed by atoms with E-state index in [-0.39, 0.29) is 18.1 Å². The summed E-state index contributed by atoms with van der Waals surface area (Å²) in [6, 6.07) is 9.50. The Kier molecular flexibility index (Phi) is 9.88. The van der Waals surface area contributed by atoms with Crippen molar-refractivity contribution in [1.82, 2.24) is 10.2 Å². The van der Waals surface area contributed by atoms with Gasteiger partial charge in [0.25, 0.3) is 0 Å². The van der Waals surface area contributed by atoms with Crippen LogP contribution in [-0.4, -0.2) is 50.5 Å². The SMILES string of the molecule is CCCCNC(=O)[C@@H](C)N(Cc1ccc(F)cc1)C(=O)CN(c1cccc(Cl)c1C)S(C)(=O)=O. The van der Waals surface area contributed by atoms with Crippen LogP contribution in [0.1, 0.15) is 37.8 Å². The fraction of sp³-hybridized carbons (Fsp3) is 0.417. The summed E-state index contributed by atoms with van der Waals surface area (Å²) >= 11 is 6.18. The van der Waals surface area contributed by atoms with Gasteiger partial charge in [0.05, 0.1) is 11.9 Å². The zero-order valence-electron chi connectivity index (χ0n) is 19.8. The maximum atomic E-state index is 13.4. The van der Waals surface area contributed by atoms with Crippen molar-refractivity contribution < 1.29 is 22.4 Å². The van der Waals surface area contributed by atoms with Crippen molar-refractivity contribution in [2.75, 3.05) is 23.7 Å². The number of anilines is 1. The number of hydrogen-bond acceptors (Lipinski definition) is 4. The van der Waals surface area contributed by atoms with E-state index in [1.54, 1.807) is 32.0 Å². The first-order chi connectivity index (χ1) is 16.0. The fourth-order valence-corrected chi connectivity index (χ4v) is 4.44. The van der Waals surface area contributed by atoms with Crippen LogP contribution in [0.15, 0.2) is 42.5 Å². The molecule has 0 heterocycles. The molecule has 10 heteroatoms. The van der Waals surface area contributed by atoms with E-state index < -0.39 is 34.3 Å². The van der Waals surface area contributed by atoms with Crippen LogP contribution in [0.5, 0.6) is 0 Å². The summed E-state index contributed by atoms with van der Waals surface area (Å²) in [5, 5.41) is 3.17. The summed E-state index contributed by atoms with van der Waals surface area (Å²) in [5.41, 5.74) is 1.40. The highest BCUT2D eigenvalue weighted by Crippen LogP contribution is 2.28. The summed E-state index contributed by atoms with van der Waals surface area (Å²) in [6.07, 6.45) is 2.70. The maximum absolute atomic E-state index is 13.4. The number of carbonyl (C=O) groups is 2. The second-order valence-corrected chi connectivity index (χ2v) is 10.4. The molecule has 0 saturated heterocycles. The van der Waals surface area contributed by atoms with E-state index in [4.69, 9.17) is 11.6 Å². The lowest BCUT2D eigenvalue weighted by molar-refractivity contribution is -0.139. The topological polar surface area (TPSA) is 86.8 Å². The first-order valence-corrected chi connectivity index (χ1v) is 13.2. The van der Waals surface area contributed by atoms with E-state index in [9.17, 15) is 22.4 Å². The van der Waals surface area contributed by atoms with E-state index in [1.807, 2.05) is 6.92 Å². The van der Waals surface area contributed by atoms with E-state index in [0.717, 1.165) is 23.4 Å². The van der Waals surface area contributed by atoms with Crippen LogP contribution in [-0.2, 0) is 26.2 Å². The molecule has 0 bridgehead atoms. The molecule has 2 amide bonds. The van der Waals surface area contributed by atoms with Crippen LogP contribution in [0.3, 0.4) is 0 Å². The van der Waals surface area contributed by atoms with Gasteiger partial charge in [0.15, 0.2) is 0 Å². The zero-order chi connectivity index (χ0) is 25.5. The predicted octanol–water partition coefficient (Wildman–Crippen LogP) is 3.89. The summed E-state index contributed by atoms with van der Waals surface area (Å²) in [4.78, 5) is 27.5. The van der Waals surface area contributed by atoms with Crippen LogP contribution in [0.25, 0.3) is 0 Å². The Morgan fingerprint density at radius 3 is 2.38 bits per heavy atom. The number of sulfonamides is 1. The largest absolute Gasteiger partial charge is 0.354 e. The normalized spacial score (nSPS) is 12.2. The molecule has 186 valence electrons. The Labute approximate surface area is 205 Å². The van der Waals surface area contributed by atoms with Crippen molar-refractivity contribution in [2.45, 2.75) is 46.2 Å². The molecular formula is C24H31ClFN3O4S. The quantitative estimate of drug-likeness (QED) is 0.464. The molecule has 2 aromatic carbocycles. The molecule has 0 aliphatic carbocycles. The van der Waals surface area contributed by atoms with Gasteiger partial charge < -0.3 is 10.2 Å². The van der Waals surface area contributed by atoms with Gasteiger partial charge in [-0.05, 0) is 55.7 Å². The minimum atomic E-state index is -3.85. The third-order valence-corrected chi connectivity index (χ3v) is 6.99. The molecule has 7 nitrogen and oxygen atoms in total. The minimum absolute atomic E-state index is 0.00755. The molecule has 2 rings (SSSR count). The number of nitrogens with zero attached hydrogens (tertiary/aromatic N) is 2. The monoisotopic (exact) mass is 511 g/mol. The molecule has 0 aromatic heterocycles. The van der Waals surface area contributed by atoms with Gasteiger partial charge in [-0.25, -0.2) is 12.8 Å². The number of amides is 2. The van der Waals surface area contributed by atoms with Gasteiger partial charge in [-0.1, -0.05) is 43.1 Å². The highest BCUT2D eigenvalue weighted by atomic mass is 35.5. The van der Waals surface area contributed by atoms with Gasteiger partial charge in [0, 0.05) is 18.1 Å². The summed E-state index contributed by atoms with van der Waals surface area (Å²) in [7, 11) is -3.85. The van der Waals surface area contributed by atoms with Crippen LogP contribution in [0.4, 0.5) is 10.1 Å². The Hall–Kier alpha value is -2.65. The molecule has 0 unspecified atom stereocenters. The van der Waals surface area contributed by atoms with E-state index in [2.05, 4.69) is 5.32 Å². The zero-order valence-corrected chi connectivity index (χ0v) is 21.4. The molecule has 2 aromatic rings. The Morgan fingerprint density at radius 1 is 1.15 bits per heavy atom. The van der Waals surface area contributed by atoms with Crippen LogP contribution >= 0.6 is 11.6 Å². The predicted molar refractivity (Wildman–Crippen MR) is 133 cm³/mol. The Morgan fingerprint density at radius 2 is 1.79 bits per heavy atom. The third kappa shape index (κ3) is 7.43. The fourth-order valence-electron chi connectivity index (χ4n) is 3.37. The summed E-state index contributed by atoms with van der Waals surface area (Å²) < 4.78 is 39.6. The van der Waals surface area contributed by atoms with E-state index in [1.165, 1.54) is 29.2 Å². The molecule has 0 fully saturated rings. The number of hydrogen-bond donors (Lipinski definition) is 1. The van der Waals surface area contributed by atoms with Crippen LogP contribution in [0.2, 0.25) is 5.02 Å². The summed E-state index contributed by atoms with van der Waals surface area (Å²) in [6.45, 7) is 5.20. The van der Waals surface area contributed by atoms with Crippen molar-refractivity contribution in [3.8, 4) is 0 Å². The van der Waals surface area contributed by atoms with Crippen molar-refractivity contribution in [3.05, 3.63) is 64.4 Å². The number of rotatable bonds is 11. The first-order valence-electron chi connectivity index (χ1n) is 11.0. The third-order valence-electron chi connectivity index (χ3n) is 5.45. The molecule has 0 radical (unpaired) electrons. The highest BCUT2D eigenvalue weighted by Gasteiger charge is 2.30. The Balaban J connectivity index is 2.38. The van der Waals surface area contributed by atoms with Gasteiger partial charge in [-0.3, -0.25) is 13.9 Å². The van der Waals surface area contributed by atoms with E-state index >= 15 is 0 Å². The van der Waals surface area contributed by atoms with Crippen LogP contribution < -0.4 is 9.62 Å². The second kappa shape index (κ2) is 12.2. The van der Waals surface area contributed by atoms with Gasteiger partial charge in [-0.15, -0.1) is 0 Å². The Bertz CT molecular complexity index is 1110. The molecule has 0 aliphatic rings. The van der Waals surface area contributed by atoms with Gasteiger partial charge in [-0.2, -0.15) is 0 Å². The van der Waals surface area contributed by atoms with Crippen molar-refractivity contribution in [2.24, 2.45) is 0 Å². The molecule has 0 aliphatic heterocycles. The van der Waals surface area contributed by atoms with Gasteiger partial charge in [0.1, 0.15) is 18.4 Å². The smallest absolute Gasteiger partial charge is 0.244 e. The number of unbranched alkanes of at least 4 members (excludes halogenated alkanes) is 1. The minimum Gasteiger partial charge on any atom is -0.354 e. The molecule has 34 heavy (non-hydrogen) atoms. The second-order valence-electron chi connectivity index (χ2n) is 8.12. The average molecular weight is 512 g/mol. The lowest BCUT2D eigenvalue weighted by atomic mass is 10.1. The van der Waals surface area contributed by atoms with Crippen molar-refractivity contribution >= 4 is 39.1 Å².